The van der Waals surface area contributed by atoms with Crippen LogP contribution in [0.15, 0.2) is 77.7 Å². The van der Waals surface area contributed by atoms with E-state index in [-0.39, 0.29) is 10.8 Å². The molecule has 1 amide bonds. The molecule has 0 aliphatic carbocycles. The van der Waals surface area contributed by atoms with Crippen molar-refractivity contribution in [1.29, 1.82) is 0 Å². The lowest BCUT2D eigenvalue weighted by molar-refractivity contribution is 0.102. The number of nitrogens with one attached hydrogen (secondary N) is 2. The largest absolute Gasteiger partial charge is 0.493 e. The Morgan fingerprint density at radius 3 is 2.33 bits per heavy atom. The summed E-state index contributed by atoms with van der Waals surface area (Å²) in [5.74, 6) is 0.641. The third kappa shape index (κ3) is 5.09. The Labute approximate surface area is 175 Å². The number of methoxy groups -OCH3 is 1. The van der Waals surface area contributed by atoms with Crippen LogP contribution in [0.5, 0.6) is 11.5 Å². The average Bonchev–Trinajstić information content (AvgIpc) is 2.74. The molecule has 30 heavy (non-hydrogen) atoms. The molecule has 0 unspecified atom stereocenters. The first-order valence-corrected chi connectivity index (χ1v) is 10.7. The first-order chi connectivity index (χ1) is 14.4. The molecule has 2 N–H and O–H groups in total. The minimum Gasteiger partial charge on any atom is -0.493 e. The van der Waals surface area contributed by atoms with E-state index in [4.69, 9.17) is 9.47 Å². The molecule has 7 nitrogen and oxygen atoms in total. The van der Waals surface area contributed by atoms with E-state index < -0.39 is 10.0 Å². The Balaban J connectivity index is 1.76. The van der Waals surface area contributed by atoms with Crippen LogP contribution in [0, 0.1) is 0 Å². The molecule has 0 heterocycles. The highest BCUT2D eigenvalue weighted by molar-refractivity contribution is 7.92. The van der Waals surface area contributed by atoms with Crippen molar-refractivity contribution in [3.63, 3.8) is 0 Å². The Kier molecular flexibility index (Phi) is 6.58. The summed E-state index contributed by atoms with van der Waals surface area (Å²) in [7, 11) is -2.22. The second-order valence-electron chi connectivity index (χ2n) is 6.25. The fraction of sp³-hybridized carbons (Fsp3) is 0.136. The number of rotatable bonds is 8. The number of ether oxygens (including phenoxy) is 2. The first-order valence-electron chi connectivity index (χ1n) is 9.23. The van der Waals surface area contributed by atoms with Gasteiger partial charge in [0.05, 0.1) is 24.3 Å². The number of hydrogen-bond donors (Lipinski definition) is 2. The standard InChI is InChI=1S/C22H22N2O5S/c1-3-29-20-13-12-16(14-21(20)28-2)22(25)23-17-8-7-9-18(15-17)24-30(26,27)19-10-5-4-6-11-19/h4-15,24H,3H2,1-2H3,(H,23,25). The van der Waals surface area contributed by atoms with Crippen LogP contribution in [0.3, 0.4) is 0 Å². The van der Waals surface area contributed by atoms with E-state index >= 15 is 0 Å². The molecule has 156 valence electrons. The third-order valence-corrected chi connectivity index (χ3v) is 5.55. The normalized spacial score (nSPS) is 10.9. The number of hydrogen-bond acceptors (Lipinski definition) is 5. The molecule has 3 aromatic carbocycles. The lowest BCUT2D eigenvalue weighted by Gasteiger charge is -2.12. The first kappa shape index (κ1) is 21.2. The van der Waals surface area contributed by atoms with Crippen LogP contribution in [0.4, 0.5) is 11.4 Å². The predicted octanol–water partition coefficient (Wildman–Crippen LogP) is 4.15. The molecule has 0 bridgehead atoms. The third-order valence-electron chi connectivity index (χ3n) is 4.15. The van der Waals surface area contributed by atoms with Crippen molar-refractivity contribution in [3.05, 3.63) is 78.4 Å². The van der Waals surface area contributed by atoms with E-state index in [0.29, 0.717) is 35.0 Å². The van der Waals surface area contributed by atoms with E-state index in [1.807, 2.05) is 6.92 Å². The van der Waals surface area contributed by atoms with Gasteiger partial charge >= 0.3 is 0 Å². The molecular weight excluding hydrogens is 404 g/mol. The molecule has 0 saturated carbocycles. The molecule has 0 atom stereocenters. The Morgan fingerprint density at radius 2 is 1.63 bits per heavy atom. The number of carbonyl (C=O) groups is 1. The van der Waals surface area contributed by atoms with Crippen LogP contribution >= 0.6 is 0 Å². The molecule has 3 aromatic rings. The van der Waals surface area contributed by atoms with Crippen molar-refractivity contribution >= 4 is 27.3 Å². The van der Waals surface area contributed by atoms with Crippen LogP contribution in [0.2, 0.25) is 0 Å². The van der Waals surface area contributed by atoms with E-state index in [2.05, 4.69) is 10.0 Å². The van der Waals surface area contributed by atoms with Gasteiger partial charge in [0.2, 0.25) is 0 Å². The van der Waals surface area contributed by atoms with Gasteiger partial charge in [-0.2, -0.15) is 0 Å². The SMILES string of the molecule is CCOc1ccc(C(=O)Nc2cccc(NS(=O)(=O)c3ccccc3)c2)cc1OC. The van der Waals surface area contributed by atoms with Crippen LogP contribution in [0.25, 0.3) is 0 Å². The van der Waals surface area contributed by atoms with Crippen LogP contribution in [-0.4, -0.2) is 28.0 Å². The van der Waals surface area contributed by atoms with Crippen LogP contribution < -0.4 is 19.5 Å². The highest BCUT2D eigenvalue weighted by atomic mass is 32.2. The van der Waals surface area contributed by atoms with Gasteiger partial charge in [-0.05, 0) is 55.5 Å². The van der Waals surface area contributed by atoms with Crippen molar-refractivity contribution in [2.75, 3.05) is 23.8 Å². The Bertz CT molecular complexity index is 1130. The summed E-state index contributed by atoms with van der Waals surface area (Å²) >= 11 is 0. The second-order valence-corrected chi connectivity index (χ2v) is 7.93. The molecular formula is C22H22N2O5S. The number of anilines is 2. The molecule has 0 aromatic heterocycles. The highest BCUT2D eigenvalue weighted by Gasteiger charge is 2.15. The predicted molar refractivity (Wildman–Crippen MR) is 116 cm³/mol. The van der Waals surface area contributed by atoms with Gasteiger partial charge in [0.25, 0.3) is 15.9 Å². The molecule has 8 heteroatoms. The number of amides is 1. The molecule has 0 fully saturated rings. The maximum atomic E-state index is 12.6. The van der Waals surface area contributed by atoms with Gasteiger partial charge < -0.3 is 14.8 Å². The summed E-state index contributed by atoms with van der Waals surface area (Å²) in [5.41, 5.74) is 1.16. The van der Waals surface area contributed by atoms with E-state index in [9.17, 15) is 13.2 Å². The smallest absolute Gasteiger partial charge is 0.261 e. The summed E-state index contributed by atoms with van der Waals surface area (Å²) < 4.78 is 38.2. The van der Waals surface area contributed by atoms with Gasteiger partial charge in [-0.15, -0.1) is 0 Å². The van der Waals surface area contributed by atoms with E-state index in [1.165, 1.54) is 19.2 Å². The molecule has 0 aliphatic rings. The molecule has 0 aliphatic heterocycles. The molecule has 0 radical (unpaired) electrons. The minimum absolute atomic E-state index is 0.154. The summed E-state index contributed by atoms with van der Waals surface area (Å²) in [6.07, 6.45) is 0. The Hall–Kier alpha value is -3.52. The van der Waals surface area contributed by atoms with Gasteiger partial charge in [0.1, 0.15) is 0 Å². The summed E-state index contributed by atoms with van der Waals surface area (Å²) in [5, 5.41) is 2.76. The van der Waals surface area contributed by atoms with Gasteiger partial charge in [-0.3, -0.25) is 9.52 Å². The van der Waals surface area contributed by atoms with Crippen molar-refractivity contribution < 1.29 is 22.7 Å². The van der Waals surface area contributed by atoms with E-state index in [0.717, 1.165) is 0 Å². The Morgan fingerprint density at radius 1 is 0.900 bits per heavy atom. The van der Waals surface area contributed by atoms with Gasteiger partial charge in [-0.1, -0.05) is 24.3 Å². The second kappa shape index (κ2) is 9.32. The monoisotopic (exact) mass is 426 g/mol. The lowest BCUT2D eigenvalue weighted by atomic mass is 10.1. The number of benzene rings is 3. The maximum absolute atomic E-state index is 12.6. The number of sulfonamides is 1. The summed E-state index contributed by atoms with van der Waals surface area (Å²) in [4.78, 5) is 12.8. The summed E-state index contributed by atoms with van der Waals surface area (Å²) in [6.45, 7) is 2.34. The van der Waals surface area contributed by atoms with E-state index in [1.54, 1.807) is 60.7 Å². The summed E-state index contributed by atoms with van der Waals surface area (Å²) in [6, 6.07) is 19.4. The molecule has 0 spiro atoms. The van der Waals surface area contributed by atoms with Gasteiger partial charge in [0.15, 0.2) is 11.5 Å². The minimum atomic E-state index is -3.72. The van der Waals surface area contributed by atoms with Crippen molar-refractivity contribution in [2.24, 2.45) is 0 Å². The quantitative estimate of drug-likeness (QED) is 0.564. The highest BCUT2D eigenvalue weighted by Crippen LogP contribution is 2.28. The zero-order chi connectivity index (χ0) is 21.6. The maximum Gasteiger partial charge on any atom is 0.261 e. The van der Waals surface area contributed by atoms with Crippen molar-refractivity contribution in [1.82, 2.24) is 0 Å². The topological polar surface area (TPSA) is 93.7 Å². The van der Waals surface area contributed by atoms with Gasteiger partial charge in [0, 0.05) is 11.3 Å². The number of carbonyl (C=O) groups excluding carboxylic acids is 1. The average molecular weight is 426 g/mol. The van der Waals surface area contributed by atoms with Gasteiger partial charge in [-0.25, -0.2) is 8.42 Å². The van der Waals surface area contributed by atoms with Crippen LogP contribution in [0.1, 0.15) is 17.3 Å². The van der Waals surface area contributed by atoms with Crippen molar-refractivity contribution in [2.45, 2.75) is 11.8 Å². The van der Waals surface area contributed by atoms with Crippen molar-refractivity contribution in [3.8, 4) is 11.5 Å². The zero-order valence-corrected chi connectivity index (χ0v) is 17.4. The lowest BCUT2D eigenvalue weighted by Crippen LogP contribution is -2.14. The fourth-order valence-electron chi connectivity index (χ4n) is 2.76. The fourth-order valence-corrected chi connectivity index (χ4v) is 3.83. The van der Waals surface area contributed by atoms with Crippen LogP contribution in [-0.2, 0) is 10.0 Å². The molecule has 3 rings (SSSR count). The molecule has 0 saturated heterocycles. The zero-order valence-electron chi connectivity index (χ0n) is 16.6.